The maximum atomic E-state index is 14.1. The number of esters is 1. The number of fused-ring (bicyclic) bond motifs is 1. The number of para-hydroxylation sites is 1. The lowest BCUT2D eigenvalue weighted by atomic mass is 10.0. The molecule has 2 aromatic heterocycles. The van der Waals surface area contributed by atoms with Gasteiger partial charge >= 0.3 is 5.97 Å². The van der Waals surface area contributed by atoms with E-state index in [1.54, 1.807) is 38.1 Å². The molecule has 40 heavy (non-hydrogen) atoms. The molecule has 0 aliphatic carbocycles. The van der Waals surface area contributed by atoms with E-state index in [1.165, 1.54) is 46.6 Å². The minimum atomic E-state index is -4.28. The van der Waals surface area contributed by atoms with Crippen molar-refractivity contribution >= 4 is 44.1 Å². The molecular weight excluding hydrogens is 554 g/mol. The molecule has 0 radical (unpaired) electrons. The van der Waals surface area contributed by atoms with Gasteiger partial charge in [0, 0.05) is 22.0 Å². The van der Waals surface area contributed by atoms with Gasteiger partial charge in [0.1, 0.15) is 18.3 Å². The molecule has 1 amide bonds. The largest absolute Gasteiger partial charge is 0.494 e. The number of aromatic amines is 1. The first-order valence-corrected chi connectivity index (χ1v) is 14.9. The molecule has 0 unspecified atom stereocenters. The fourth-order valence-corrected chi connectivity index (χ4v) is 6.05. The molecule has 0 fully saturated rings. The third kappa shape index (κ3) is 6.95. The van der Waals surface area contributed by atoms with Gasteiger partial charge < -0.3 is 19.4 Å². The van der Waals surface area contributed by atoms with E-state index >= 15 is 0 Å². The molecule has 4 aromatic rings. The second-order valence-corrected chi connectivity index (χ2v) is 11.4. The fourth-order valence-electron chi connectivity index (χ4n) is 4.12. The zero-order valence-corrected chi connectivity index (χ0v) is 23.6. The van der Waals surface area contributed by atoms with Gasteiger partial charge in [-0.3, -0.25) is 14.4 Å². The molecular formula is C28H29N3O7S2. The number of carbonyl (C=O) groups excluding carboxylic acids is 2. The van der Waals surface area contributed by atoms with Crippen LogP contribution in [0.2, 0.25) is 0 Å². The van der Waals surface area contributed by atoms with Crippen LogP contribution in [0.1, 0.15) is 30.3 Å². The van der Waals surface area contributed by atoms with Crippen LogP contribution < -0.4 is 15.0 Å². The summed E-state index contributed by atoms with van der Waals surface area (Å²) in [4.78, 5) is 42.9. The Labute approximate surface area is 235 Å². The Morgan fingerprint density at radius 1 is 1.02 bits per heavy atom. The summed E-state index contributed by atoms with van der Waals surface area (Å²) in [6, 6.07) is 15.9. The molecule has 12 heteroatoms. The molecule has 0 aliphatic rings. The van der Waals surface area contributed by atoms with Gasteiger partial charge in [-0.25, -0.2) is 8.42 Å². The Kier molecular flexibility index (Phi) is 9.35. The third-order valence-corrected chi connectivity index (χ3v) is 8.20. The number of H-pyrrole nitrogens is 1. The molecule has 2 heterocycles. The van der Waals surface area contributed by atoms with Gasteiger partial charge in [0.15, 0.2) is 0 Å². The number of carbonyl (C=O) groups is 2. The van der Waals surface area contributed by atoms with E-state index < -0.39 is 27.9 Å². The number of nitrogens with zero attached hydrogens (tertiary/aromatic N) is 1. The second-order valence-electron chi connectivity index (χ2n) is 8.68. The van der Waals surface area contributed by atoms with Crippen LogP contribution in [0.15, 0.2) is 81.8 Å². The van der Waals surface area contributed by atoms with E-state index in [9.17, 15) is 22.8 Å². The maximum Gasteiger partial charge on any atom is 0.325 e. The standard InChI is InChI=1S/C28H29N3O7S2/c1-3-37-24-10-6-5-9-22(24)27(28(34)31(18-26(33)38-4-2)17-20-8-7-15-39-20)30-40(35,36)21-12-13-23-19(16-21)11-14-25(32)29-23/h5-16,27,30H,3-4,17-18H2,1-2H3,(H,29,32)/t27-/m0/s1. The van der Waals surface area contributed by atoms with Crippen molar-refractivity contribution in [3.63, 3.8) is 0 Å². The lowest BCUT2D eigenvalue weighted by Crippen LogP contribution is -2.44. The summed E-state index contributed by atoms with van der Waals surface area (Å²) in [5, 5.41) is 2.35. The lowest BCUT2D eigenvalue weighted by molar-refractivity contribution is -0.149. The van der Waals surface area contributed by atoms with Crippen LogP contribution >= 0.6 is 11.3 Å². The molecule has 0 saturated carbocycles. The quantitative estimate of drug-likeness (QED) is 0.243. The van der Waals surface area contributed by atoms with E-state index in [1.807, 2.05) is 17.5 Å². The van der Waals surface area contributed by atoms with Gasteiger partial charge in [-0.2, -0.15) is 4.72 Å². The number of hydrogen-bond acceptors (Lipinski definition) is 8. The molecule has 10 nitrogen and oxygen atoms in total. The monoisotopic (exact) mass is 583 g/mol. The zero-order valence-electron chi connectivity index (χ0n) is 22.0. The van der Waals surface area contributed by atoms with Gasteiger partial charge in [-0.15, -0.1) is 11.3 Å². The van der Waals surface area contributed by atoms with Gasteiger partial charge in [0.25, 0.3) is 0 Å². The number of pyridine rings is 1. The summed E-state index contributed by atoms with van der Waals surface area (Å²) in [6.07, 6.45) is 0. The smallest absolute Gasteiger partial charge is 0.325 e. The predicted octanol–water partition coefficient (Wildman–Crippen LogP) is 3.60. The number of sulfonamides is 1. The first-order valence-electron chi connectivity index (χ1n) is 12.6. The van der Waals surface area contributed by atoms with Crippen molar-refractivity contribution < 1.29 is 27.5 Å². The molecule has 0 spiro atoms. The average molecular weight is 584 g/mol. The maximum absolute atomic E-state index is 14.1. The third-order valence-electron chi connectivity index (χ3n) is 5.92. The van der Waals surface area contributed by atoms with Crippen LogP contribution in [0.4, 0.5) is 0 Å². The van der Waals surface area contributed by atoms with Crippen LogP contribution in [0.25, 0.3) is 10.9 Å². The molecule has 4 rings (SSSR count). The fraction of sp³-hybridized carbons (Fsp3) is 0.250. The van der Waals surface area contributed by atoms with Crippen molar-refractivity contribution in [1.82, 2.24) is 14.6 Å². The highest BCUT2D eigenvalue weighted by molar-refractivity contribution is 7.89. The van der Waals surface area contributed by atoms with E-state index in [0.717, 1.165) is 4.88 Å². The number of nitrogens with one attached hydrogen (secondary N) is 2. The van der Waals surface area contributed by atoms with Crippen molar-refractivity contribution in [2.75, 3.05) is 19.8 Å². The minimum Gasteiger partial charge on any atom is -0.494 e. The van der Waals surface area contributed by atoms with Crippen molar-refractivity contribution in [1.29, 1.82) is 0 Å². The molecule has 0 bridgehead atoms. The summed E-state index contributed by atoms with van der Waals surface area (Å²) in [5.74, 6) is -0.938. The molecule has 1 atom stereocenters. The number of aromatic nitrogens is 1. The van der Waals surface area contributed by atoms with Crippen molar-refractivity contribution in [3.8, 4) is 5.75 Å². The Morgan fingerprint density at radius 2 is 1.82 bits per heavy atom. The molecule has 2 aromatic carbocycles. The number of amides is 1. The second kappa shape index (κ2) is 12.9. The number of rotatable bonds is 12. The van der Waals surface area contributed by atoms with Gasteiger partial charge in [-0.05, 0) is 61.0 Å². The topological polar surface area (TPSA) is 135 Å². The molecule has 2 N–H and O–H groups in total. The number of thiophene rings is 1. The number of hydrogen-bond donors (Lipinski definition) is 2. The van der Waals surface area contributed by atoms with Crippen LogP contribution in [0.5, 0.6) is 5.75 Å². The summed E-state index contributed by atoms with van der Waals surface area (Å²) in [6.45, 7) is 3.57. The van der Waals surface area contributed by atoms with Crippen molar-refractivity contribution in [2.45, 2.75) is 31.3 Å². The average Bonchev–Trinajstić information content (AvgIpc) is 3.45. The Balaban J connectivity index is 1.77. The van der Waals surface area contributed by atoms with Gasteiger partial charge in [-0.1, -0.05) is 24.3 Å². The van der Waals surface area contributed by atoms with Crippen molar-refractivity contribution in [3.05, 3.63) is 92.9 Å². The Bertz CT molecular complexity index is 1650. The first kappa shape index (κ1) is 29.0. The van der Waals surface area contributed by atoms with Crippen LogP contribution in [0.3, 0.4) is 0 Å². The summed E-state index contributed by atoms with van der Waals surface area (Å²) in [5.41, 5.74) is 0.451. The summed E-state index contributed by atoms with van der Waals surface area (Å²) >= 11 is 1.41. The SMILES string of the molecule is CCOC(=O)CN(Cc1cccs1)C(=O)[C@@H](NS(=O)(=O)c1ccc2[nH]c(=O)ccc2c1)c1ccccc1OCC. The molecule has 0 saturated heterocycles. The predicted molar refractivity (Wildman–Crippen MR) is 152 cm³/mol. The summed E-state index contributed by atoms with van der Waals surface area (Å²) in [7, 11) is -4.28. The first-order chi connectivity index (χ1) is 19.2. The minimum absolute atomic E-state index is 0.0771. The zero-order chi connectivity index (χ0) is 28.7. The highest BCUT2D eigenvalue weighted by atomic mass is 32.2. The summed E-state index contributed by atoms with van der Waals surface area (Å²) < 4.78 is 40.7. The highest BCUT2D eigenvalue weighted by Crippen LogP contribution is 2.30. The molecule has 0 aliphatic heterocycles. The van der Waals surface area contributed by atoms with Crippen LogP contribution in [0, 0.1) is 0 Å². The van der Waals surface area contributed by atoms with Gasteiger partial charge in [0.05, 0.1) is 24.7 Å². The normalized spacial score (nSPS) is 12.2. The Morgan fingerprint density at radius 3 is 2.55 bits per heavy atom. The van der Waals surface area contributed by atoms with E-state index in [2.05, 4.69) is 9.71 Å². The van der Waals surface area contributed by atoms with Gasteiger partial charge in [0.2, 0.25) is 21.5 Å². The van der Waals surface area contributed by atoms with Crippen LogP contribution in [-0.4, -0.2) is 49.9 Å². The lowest BCUT2D eigenvalue weighted by Gasteiger charge is -2.28. The Hall–Kier alpha value is -4.00. The van der Waals surface area contributed by atoms with Crippen LogP contribution in [-0.2, 0) is 30.9 Å². The van der Waals surface area contributed by atoms with E-state index in [-0.39, 0.29) is 36.8 Å². The van der Waals surface area contributed by atoms with E-state index in [4.69, 9.17) is 9.47 Å². The number of ether oxygens (including phenoxy) is 2. The van der Waals surface area contributed by atoms with E-state index in [0.29, 0.717) is 22.2 Å². The number of benzene rings is 2. The molecule has 210 valence electrons. The van der Waals surface area contributed by atoms with Crippen molar-refractivity contribution in [2.24, 2.45) is 0 Å². The highest BCUT2D eigenvalue weighted by Gasteiger charge is 2.34.